The van der Waals surface area contributed by atoms with Crippen LogP contribution in [0.2, 0.25) is 0 Å². The highest BCUT2D eigenvalue weighted by atomic mass is 16.5. The van der Waals surface area contributed by atoms with Gasteiger partial charge in [0.2, 0.25) is 5.95 Å². The molecule has 0 spiro atoms. The zero-order chi connectivity index (χ0) is 11.8. The quantitative estimate of drug-likeness (QED) is 0.882. The molecular weight excluding hydrogens is 214 g/mol. The Kier molecular flexibility index (Phi) is 2.42. The number of fused-ring (bicyclic) bond motifs is 1. The van der Waals surface area contributed by atoms with Crippen molar-refractivity contribution in [3.05, 3.63) is 18.2 Å². The van der Waals surface area contributed by atoms with E-state index in [0.717, 1.165) is 29.2 Å². The van der Waals surface area contributed by atoms with Crippen molar-refractivity contribution in [2.75, 3.05) is 12.8 Å². The monoisotopic (exact) mass is 231 g/mol. The second-order valence-corrected chi connectivity index (χ2v) is 4.73. The number of ether oxygens (including phenoxy) is 1. The smallest absolute Gasteiger partial charge is 0.201 e. The molecule has 1 fully saturated rings. The number of hydrogen-bond acceptors (Lipinski definition) is 3. The minimum absolute atomic E-state index is 0.611. The van der Waals surface area contributed by atoms with Gasteiger partial charge in [0.05, 0.1) is 18.1 Å². The van der Waals surface area contributed by atoms with Crippen LogP contribution in [0.4, 0.5) is 5.95 Å². The molecule has 1 aliphatic carbocycles. The highest BCUT2D eigenvalue weighted by molar-refractivity contribution is 5.79. The fraction of sp³-hybridized carbons (Fsp3) is 0.462. The molecule has 0 aliphatic heterocycles. The number of rotatable bonds is 3. The van der Waals surface area contributed by atoms with Gasteiger partial charge in [-0.25, -0.2) is 4.98 Å². The van der Waals surface area contributed by atoms with Crippen LogP contribution in [0.3, 0.4) is 0 Å². The first-order chi connectivity index (χ1) is 8.28. The first kappa shape index (κ1) is 10.4. The average molecular weight is 231 g/mol. The summed E-state index contributed by atoms with van der Waals surface area (Å²) >= 11 is 0. The lowest BCUT2D eigenvalue weighted by Gasteiger charge is -2.26. The van der Waals surface area contributed by atoms with E-state index in [-0.39, 0.29) is 0 Å². The second kappa shape index (κ2) is 3.95. The summed E-state index contributed by atoms with van der Waals surface area (Å²) in [4.78, 5) is 4.39. The number of aromatic nitrogens is 2. The van der Waals surface area contributed by atoms with Gasteiger partial charge in [-0.05, 0) is 30.9 Å². The van der Waals surface area contributed by atoms with E-state index in [2.05, 4.69) is 9.55 Å². The number of benzene rings is 1. The Morgan fingerprint density at radius 2 is 2.29 bits per heavy atom. The largest absolute Gasteiger partial charge is 0.497 e. The summed E-state index contributed by atoms with van der Waals surface area (Å²) in [5.41, 5.74) is 8.01. The minimum atomic E-state index is 0.611. The number of nitrogen functional groups attached to an aromatic ring is 1. The molecular formula is C13H17N3O. The van der Waals surface area contributed by atoms with Gasteiger partial charge in [0.25, 0.3) is 0 Å². The van der Waals surface area contributed by atoms with E-state index in [4.69, 9.17) is 10.5 Å². The van der Waals surface area contributed by atoms with Crippen molar-refractivity contribution < 1.29 is 4.74 Å². The van der Waals surface area contributed by atoms with Gasteiger partial charge in [-0.2, -0.15) is 0 Å². The molecule has 1 saturated carbocycles. The molecule has 90 valence electrons. The fourth-order valence-corrected chi connectivity index (χ4v) is 2.37. The van der Waals surface area contributed by atoms with E-state index in [0.29, 0.717) is 5.95 Å². The topological polar surface area (TPSA) is 53.1 Å². The first-order valence-electron chi connectivity index (χ1n) is 6.07. The average Bonchev–Trinajstić information content (AvgIpc) is 2.58. The molecule has 1 aromatic heterocycles. The number of nitrogens with zero attached hydrogens (tertiary/aromatic N) is 2. The summed E-state index contributed by atoms with van der Waals surface area (Å²) in [7, 11) is 1.68. The van der Waals surface area contributed by atoms with Crippen molar-refractivity contribution in [1.82, 2.24) is 9.55 Å². The number of nitrogens with two attached hydrogens (primary N) is 1. The highest BCUT2D eigenvalue weighted by Crippen LogP contribution is 2.31. The van der Waals surface area contributed by atoms with Crippen molar-refractivity contribution in [3.63, 3.8) is 0 Å². The summed E-state index contributed by atoms with van der Waals surface area (Å²) in [6.45, 7) is 0.982. The van der Waals surface area contributed by atoms with Crippen LogP contribution < -0.4 is 10.5 Å². The van der Waals surface area contributed by atoms with Crippen LogP contribution in [0, 0.1) is 5.92 Å². The number of hydrogen-bond donors (Lipinski definition) is 1. The lowest BCUT2D eigenvalue weighted by Crippen LogP contribution is -2.19. The van der Waals surface area contributed by atoms with Crippen LogP contribution in [0.25, 0.3) is 11.0 Å². The van der Waals surface area contributed by atoms with Gasteiger partial charge in [-0.15, -0.1) is 0 Å². The van der Waals surface area contributed by atoms with Crippen LogP contribution in [0.5, 0.6) is 5.75 Å². The van der Waals surface area contributed by atoms with Crippen molar-refractivity contribution in [3.8, 4) is 5.75 Å². The molecule has 1 heterocycles. The highest BCUT2D eigenvalue weighted by Gasteiger charge is 2.20. The maximum atomic E-state index is 5.98. The molecule has 0 bridgehead atoms. The van der Waals surface area contributed by atoms with Crippen LogP contribution in [-0.4, -0.2) is 16.7 Å². The Hall–Kier alpha value is -1.71. The second-order valence-electron chi connectivity index (χ2n) is 4.73. The van der Waals surface area contributed by atoms with E-state index in [1.54, 1.807) is 7.11 Å². The summed E-state index contributed by atoms with van der Waals surface area (Å²) in [6, 6.07) is 5.89. The van der Waals surface area contributed by atoms with Gasteiger partial charge in [0.15, 0.2) is 0 Å². The van der Waals surface area contributed by atoms with E-state index in [1.165, 1.54) is 19.3 Å². The van der Waals surface area contributed by atoms with Gasteiger partial charge < -0.3 is 15.0 Å². The summed E-state index contributed by atoms with van der Waals surface area (Å²) in [5.74, 6) is 2.23. The Balaban J connectivity index is 2.04. The van der Waals surface area contributed by atoms with Crippen molar-refractivity contribution in [1.29, 1.82) is 0 Å². The fourth-order valence-electron chi connectivity index (χ4n) is 2.37. The van der Waals surface area contributed by atoms with E-state index in [1.807, 2.05) is 18.2 Å². The Labute approximate surface area is 100 Å². The molecule has 4 heteroatoms. The molecule has 3 rings (SSSR count). The summed E-state index contributed by atoms with van der Waals surface area (Å²) in [6.07, 6.45) is 3.96. The van der Waals surface area contributed by atoms with E-state index < -0.39 is 0 Å². The van der Waals surface area contributed by atoms with Crippen molar-refractivity contribution >= 4 is 17.0 Å². The number of imidazole rings is 1. The number of methoxy groups -OCH3 is 1. The molecule has 0 saturated heterocycles. The third-order valence-electron chi connectivity index (χ3n) is 3.65. The predicted molar refractivity (Wildman–Crippen MR) is 68.0 cm³/mol. The Morgan fingerprint density at radius 3 is 2.94 bits per heavy atom. The third kappa shape index (κ3) is 1.73. The van der Waals surface area contributed by atoms with E-state index >= 15 is 0 Å². The van der Waals surface area contributed by atoms with Gasteiger partial charge in [-0.1, -0.05) is 6.42 Å². The lowest BCUT2D eigenvalue weighted by atomic mass is 9.85. The molecule has 17 heavy (non-hydrogen) atoms. The molecule has 2 N–H and O–H groups in total. The Bertz CT molecular complexity index is 543. The van der Waals surface area contributed by atoms with Crippen LogP contribution in [-0.2, 0) is 6.54 Å². The normalized spacial score (nSPS) is 16.1. The van der Waals surface area contributed by atoms with Gasteiger partial charge in [0, 0.05) is 12.6 Å². The first-order valence-corrected chi connectivity index (χ1v) is 6.07. The molecule has 0 atom stereocenters. The van der Waals surface area contributed by atoms with Crippen molar-refractivity contribution in [2.45, 2.75) is 25.8 Å². The number of anilines is 1. The molecule has 0 radical (unpaired) electrons. The van der Waals surface area contributed by atoms with Crippen molar-refractivity contribution in [2.24, 2.45) is 5.92 Å². The van der Waals surface area contributed by atoms with Crippen LogP contribution in [0.1, 0.15) is 19.3 Å². The zero-order valence-corrected chi connectivity index (χ0v) is 10.0. The SMILES string of the molecule is COc1ccc2nc(N)n(CC3CCC3)c2c1. The van der Waals surface area contributed by atoms with Gasteiger partial charge in [0.1, 0.15) is 5.75 Å². The van der Waals surface area contributed by atoms with Gasteiger partial charge >= 0.3 is 0 Å². The maximum absolute atomic E-state index is 5.98. The minimum Gasteiger partial charge on any atom is -0.497 e. The lowest BCUT2D eigenvalue weighted by molar-refractivity contribution is 0.280. The molecule has 0 unspecified atom stereocenters. The summed E-state index contributed by atoms with van der Waals surface area (Å²) in [5, 5.41) is 0. The third-order valence-corrected chi connectivity index (χ3v) is 3.65. The molecule has 2 aromatic rings. The standard InChI is InChI=1S/C13H17N3O/c1-17-10-5-6-11-12(7-10)16(13(14)15-11)8-9-3-2-4-9/h5-7,9H,2-4,8H2,1H3,(H2,14,15). The molecule has 1 aromatic carbocycles. The van der Waals surface area contributed by atoms with Crippen LogP contribution >= 0.6 is 0 Å². The molecule has 1 aliphatic rings. The van der Waals surface area contributed by atoms with Gasteiger partial charge in [-0.3, -0.25) is 0 Å². The zero-order valence-electron chi connectivity index (χ0n) is 10.0. The summed E-state index contributed by atoms with van der Waals surface area (Å²) < 4.78 is 7.36. The van der Waals surface area contributed by atoms with E-state index in [9.17, 15) is 0 Å². The molecule has 0 amide bonds. The maximum Gasteiger partial charge on any atom is 0.201 e. The Morgan fingerprint density at radius 1 is 1.47 bits per heavy atom. The predicted octanol–water partition coefficient (Wildman–Crippen LogP) is 2.43. The molecule has 4 nitrogen and oxygen atoms in total. The van der Waals surface area contributed by atoms with Crippen LogP contribution in [0.15, 0.2) is 18.2 Å².